The fraction of sp³-hybridized carbons (Fsp3) is 0.444. The van der Waals surface area contributed by atoms with E-state index < -0.39 is 10.0 Å². The van der Waals surface area contributed by atoms with E-state index in [-0.39, 0.29) is 11.7 Å². The van der Waals surface area contributed by atoms with E-state index in [4.69, 9.17) is 11.6 Å². The molecule has 1 rings (SSSR count). The predicted octanol–water partition coefficient (Wildman–Crippen LogP) is 2.46. The Labute approximate surface area is 109 Å². The molecule has 0 fully saturated rings. The summed E-state index contributed by atoms with van der Waals surface area (Å²) in [6.45, 7) is 1.78. The Hall–Kier alpha value is -0.330. The van der Waals surface area contributed by atoms with E-state index in [1.165, 1.54) is 6.20 Å². The van der Waals surface area contributed by atoms with Crippen molar-refractivity contribution in [3.63, 3.8) is 0 Å². The summed E-state index contributed by atoms with van der Waals surface area (Å²) in [5, 5.41) is 0. The fourth-order valence-corrected chi connectivity index (χ4v) is 2.92. The number of alkyl halides is 1. The van der Waals surface area contributed by atoms with Crippen LogP contribution < -0.4 is 4.72 Å². The van der Waals surface area contributed by atoms with Crippen LogP contribution in [-0.2, 0) is 10.0 Å². The highest BCUT2D eigenvalue weighted by Crippen LogP contribution is 2.13. The molecule has 0 saturated carbocycles. The molecule has 1 N–H and O–H groups in total. The zero-order valence-corrected chi connectivity index (χ0v) is 11.8. The zero-order valence-electron chi connectivity index (χ0n) is 8.65. The lowest BCUT2D eigenvalue weighted by Crippen LogP contribution is -2.22. The quantitative estimate of drug-likeness (QED) is 0.845. The van der Waals surface area contributed by atoms with Crippen molar-refractivity contribution in [3.8, 4) is 0 Å². The van der Waals surface area contributed by atoms with Gasteiger partial charge in [-0.25, -0.2) is 13.4 Å². The van der Waals surface area contributed by atoms with Crippen LogP contribution in [0.15, 0.2) is 22.8 Å². The van der Waals surface area contributed by atoms with E-state index in [9.17, 15) is 8.42 Å². The Morgan fingerprint density at radius 2 is 2.25 bits per heavy atom. The van der Waals surface area contributed by atoms with E-state index in [0.29, 0.717) is 11.7 Å². The number of pyridine rings is 1. The van der Waals surface area contributed by atoms with Crippen LogP contribution in [-0.4, -0.2) is 25.0 Å². The molecule has 1 aromatic rings. The van der Waals surface area contributed by atoms with Crippen LogP contribution >= 0.6 is 27.5 Å². The van der Waals surface area contributed by atoms with Gasteiger partial charge in [-0.05, 0) is 34.0 Å². The van der Waals surface area contributed by atoms with Crippen molar-refractivity contribution >= 4 is 43.4 Å². The maximum absolute atomic E-state index is 11.6. The standard InChI is InChI=1S/C9H12BrClN2O2S/c1-7(4-11)6-16(14,15)13-9-3-2-8(10)5-12-9/h2-3,5,7H,4,6H2,1H3,(H,12,13). The second-order valence-corrected chi connectivity index (χ2v) is 6.50. The first kappa shape index (κ1) is 13.7. The van der Waals surface area contributed by atoms with Gasteiger partial charge in [0.15, 0.2) is 0 Å². The van der Waals surface area contributed by atoms with Crippen LogP contribution in [0.2, 0.25) is 0 Å². The number of rotatable bonds is 5. The lowest BCUT2D eigenvalue weighted by atomic mass is 10.3. The molecular formula is C9H12BrClN2O2S. The number of aromatic nitrogens is 1. The van der Waals surface area contributed by atoms with Gasteiger partial charge in [0.05, 0.1) is 5.75 Å². The van der Waals surface area contributed by atoms with Gasteiger partial charge in [-0.2, -0.15) is 0 Å². The molecule has 16 heavy (non-hydrogen) atoms. The summed E-state index contributed by atoms with van der Waals surface area (Å²) in [7, 11) is -3.37. The molecule has 90 valence electrons. The van der Waals surface area contributed by atoms with Crippen molar-refractivity contribution in [1.82, 2.24) is 4.98 Å². The minimum Gasteiger partial charge on any atom is -0.267 e. The zero-order chi connectivity index (χ0) is 12.2. The van der Waals surface area contributed by atoms with Gasteiger partial charge in [0.1, 0.15) is 5.82 Å². The molecule has 0 radical (unpaired) electrons. The van der Waals surface area contributed by atoms with Gasteiger partial charge in [0.25, 0.3) is 0 Å². The minimum absolute atomic E-state index is 0.00571. The topological polar surface area (TPSA) is 59.1 Å². The molecule has 7 heteroatoms. The summed E-state index contributed by atoms with van der Waals surface area (Å²) in [5.74, 6) is 0.530. The molecule has 0 bridgehead atoms. The molecule has 0 amide bonds. The number of anilines is 1. The Balaban J connectivity index is 2.69. The van der Waals surface area contributed by atoms with Gasteiger partial charge >= 0.3 is 0 Å². The summed E-state index contributed by atoms with van der Waals surface area (Å²) in [6, 6.07) is 3.31. The summed E-state index contributed by atoms with van der Waals surface area (Å²) >= 11 is 8.79. The lowest BCUT2D eigenvalue weighted by Gasteiger charge is -2.10. The Morgan fingerprint density at radius 1 is 1.56 bits per heavy atom. The van der Waals surface area contributed by atoms with Crippen LogP contribution in [0.1, 0.15) is 6.92 Å². The normalized spacial score (nSPS) is 13.4. The summed E-state index contributed by atoms with van der Waals surface area (Å²) in [6.07, 6.45) is 1.53. The SMILES string of the molecule is CC(CCl)CS(=O)(=O)Nc1ccc(Br)cn1. The van der Waals surface area contributed by atoms with Gasteiger partial charge in [-0.15, -0.1) is 11.6 Å². The van der Waals surface area contributed by atoms with E-state index in [0.717, 1.165) is 4.47 Å². The highest BCUT2D eigenvalue weighted by atomic mass is 79.9. The first-order valence-corrected chi connectivity index (χ1v) is 7.59. The summed E-state index contributed by atoms with van der Waals surface area (Å²) in [5.41, 5.74) is 0. The summed E-state index contributed by atoms with van der Waals surface area (Å²) in [4.78, 5) is 3.93. The molecule has 0 aliphatic carbocycles. The number of hydrogen-bond donors (Lipinski definition) is 1. The largest absolute Gasteiger partial charge is 0.267 e. The van der Waals surface area contributed by atoms with E-state index in [2.05, 4.69) is 25.6 Å². The Kier molecular flexibility index (Phi) is 5.01. The smallest absolute Gasteiger partial charge is 0.234 e. The molecular weight excluding hydrogens is 316 g/mol. The van der Waals surface area contributed by atoms with Crippen LogP contribution in [0.25, 0.3) is 0 Å². The average molecular weight is 328 g/mol. The summed E-state index contributed by atoms with van der Waals surface area (Å²) < 4.78 is 26.5. The second-order valence-electron chi connectivity index (χ2n) is 3.50. The van der Waals surface area contributed by atoms with E-state index >= 15 is 0 Å². The fourth-order valence-electron chi connectivity index (χ4n) is 1.06. The van der Waals surface area contributed by atoms with Gasteiger partial charge < -0.3 is 0 Å². The predicted molar refractivity (Wildman–Crippen MR) is 69.2 cm³/mol. The van der Waals surface area contributed by atoms with Crippen LogP contribution in [0, 0.1) is 5.92 Å². The van der Waals surface area contributed by atoms with Gasteiger partial charge in [0, 0.05) is 16.5 Å². The molecule has 0 spiro atoms. The number of sulfonamides is 1. The van der Waals surface area contributed by atoms with Crippen LogP contribution in [0.3, 0.4) is 0 Å². The molecule has 4 nitrogen and oxygen atoms in total. The Bertz CT molecular complexity index is 435. The monoisotopic (exact) mass is 326 g/mol. The van der Waals surface area contributed by atoms with Gasteiger partial charge in [0.2, 0.25) is 10.0 Å². The van der Waals surface area contributed by atoms with Crippen LogP contribution in [0.5, 0.6) is 0 Å². The molecule has 0 aliphatic rings. The number of halogens is 2. The van der Waals surface area contributed by atoms with Crippen molar-refractivity contribution in [2.45, 2.75) is 6.92 Å². The van der Waals surface area contributed by atoms with Gasteiger partial charge in [-0.1, -0.05) is 6.92 Å². The Morgan fingerprint density at radius 3 is 2.75 bits per heavy atom. The first-order valence-electron chi connectivity index (χ1n) is 4.61. The molecule has 1 atom stereocenters. The molecule has 1 heterocycles. The van der Waals surface area contributed by atoms with Crippen molar-refractivity contribution < 1.29 is 8.42 Å². The van der Waals surface area contributed by atoms with Crippen molar-refractivity contribution in [1.29, 1.82) is 0 Å². The number of nitrogens with zero attached hydrogens (tertiary/aromatic N) is 1. The maximum atomic E-state index is 11.6. The molecule has 0 aliphatic heterocycles. The second kappa shape index (κ2) is 5.84. The highest BCUT2D eigenvalue weighted by Gasteiger charge is 2.15. The first-order chi connectivity index (χ1) is 7.43. The number of hydrogen-bond acceptors (Lipinski definition) is 3. The van der Waals surface area contributed by atoms with Crippen molar-refractivity contribution in [3.05, 3.63) is 22.8 Å². The minimum atomic E-state index is -3.37. The van der Waals surface area contributed by atoms with E-state index in [1.54, 1.807) is 19.1 Å². The molecule has 0 saturated heterocycles. The number of nitrogens with one attached hydrogen (secondary N) is 1. The maximum Gasteiger partial charge on any atom is 0.234 e. The lowest BCUT2D eigenvalue weighted by molar-refractivity contribution is 0.588. The third-order valence-corrected chi connectivity index (χ3v) is 4.28. The van der Waals surface area contributed by atoms with Gasteiger partial charge in [-0.3, -0.25) is 4.72 Å². The third kappa shape index (κ3) is 4.67. The van der Waals surface area contributed by atoms with Crippen molar-refractivity contribution in [2.24, 2.45) is 5.92 Å². The molecule has 0 aromatic carbocycles. The molecule has 1 aromatic heterocycles. The van der Waals surface area contributed by atoms with E-state index in [1.807, 2.05) is 0 Å². The third-order valence-electron chi connectivity index (χ3n) is 1.75. The average Bonchev–Trinajstić information content (AvgIpc) is 2.20. The van der Waals surface area contributed by atoms with Crippen molar-refractivity contribution in [2.75, 3.05) is 16.4 Å². The highest BCUT2D eigenvalue weighted by molar-refractivity contribution is 9.10. The van der Waals surface area contributed by atoms with Crippen LogP contribution in [0.4, 0.5) is 5.82 Å². The molecule has 1 unspecified atom stereocenters.